The Kier molecular flexibility index (Phi) is 4.37. The van der Waals surface area contributed by atoms with Crippen molar-refractivity contribution in [2.24, 2.45) is 0 Å². The zero-order valence-electron chi connectivity index (χ0n) is 14.2. The number of ketones is 1. The number of rotatable bonds is 4. The Hall–Kier alpha value is -3.93. The van der Waals surface area contributed by atoms with E-state index in [1.807, 2.05) is 30.3 Å². The first-order valence-electron chi connectivity index (χ1n) is 8.27. The van der Waals surface area contributed by atoms with Crippen LogP contribution in [0.25, 0.3) is 28.1 Å². The first-order chi connectivity index (χ1) is 13.2. The van der Waals surface area contributed by atoms with Gasteiger partial charge < -0.3 is 4.98 Å². The number of pyridine rings is 2. The van der Waals surface area contributed by atoms with Crippen molar-refractivity contribution in [3.8, 4) is 11.1 Å². The lowest BCUT2D eigenvalue weighted by molar-refractivity contribution is 0.104. The molecule has 0 saturated heterocycles. The van der Waals surface area contributed by atoms with Crippen LogP contribution >= 0.6 is 0 Å². The molecular formula is C21H14N4O2. The average Bonchev–Trinajstić information content (AvgIpc) is 2.72. The number of aromatic amines is 1. The normalized spacial score (nSPS) is 11.1. The third-order valence-electron chi connectivity index (χ3n) is 4.13. The van der Waals surface area contributed by atoms with Gasteiger partial charge in [-0.05, 0) is 23.8 Å². The minimum atomic E-state index is -0.438. The van der Waals surface area contributed by atoms with Crippen LogP contribution in [0.4, 0.5) is 0 Å². The van der Waals surface area contributed by atoms with Gasteiger partial charge in [-0.25, -0.2) is 9.97 Å². The van der Waals surface area contributed by atoms with E-state index >= 15 is 0 Å². The zero-order valence-corrected chi connectivity index (χ0v) is 14.2. The summed E-state index contributed by atoms with van der Waals surface area (Å²) in [5.41, 5.74) is 2.29. The lowest BCUT2D eigenvalue weighted by Crippen LogP contribution is -2.18. The molecule has 0 radical (unpaired) electrons. The van der Waals surface area contributed by atoms with Gasteiger partial charge in [-0.3, -0.25) is 14.6 Å². The Bertz CT molecular complexity index is 1200. The molecule has 0 amide bonds. The molecule has 1 aromatic carbocycles. The van der Waals surface area contributed by atoms with Crippen molar-refractivity contribution in [1.29, 1.82) is 0 Å². The van der Waals surface area contributed by atoms with Gasteiger partial charge in [-0.15, -0.1) is 0 Å². The highest BCUT2D eigenvalue weighted by molar-refractivity contribution is 6.14. The Labute approximate surface area is 154 Å². The zero-order chi connectivity index (χ0) is 18.6. The van der Waals surface area contributed by atoms with Crippen LogP contribution in [0.15, 0.2) is 78.4 Å². The molecule has 6 nitrogen and oxygen atoms in total. The number of benzene rings is 1. The molecule has 0 fully saturated rings. The molecule has 0 saturated carbocycles. The number of fused-ring (bicyclic) bond motifs is 1. The van der Waals surface area contributed by atoms with E-state index in [2.05, 4.69) is 19.9 Å². The lowest BCUT2D eigenvalue weighted by Gasteiger charge is -2.10. The van der Waals surface area contributed by atoms with Crippen molar-refractivity contribution in [3.05, 3.63) is 95.1 Å². The fourth-order valence-electron chi connectivity index (χ4n) is 2.93. The van der Waals surface area contributed by atoms with Crippen LogP contribution in [-0.2, 0) is 0 Å². The maximum atomic E-state index is 12.9. The topological polar surface area (TPSA) is 88.6 Å². The molecule has 4 rings (SSSR count). The Morgan fingerprint density at radius 2 is 1.74 bits per heavy atom. The Morgan fingerprint density at radius 1 is 0.963 bits per heavy atom. The minimum Gasteiger partial charge on any atom is -0.321 e. The van der Waals surface area contributed by atoms with Gasteiger partial charge in [-0.2, -0.15) is 0 Å². The first-order valence-corrected chi connectivity index (χ1v) is 8.27. The molecule has 3 heterocycles. The van der Waals surface area contributed by atoms with E-state index in [1.165, 1.54) is 12.4 Å². The van der Waals surface area contributed by atoms with Gasteiger partial charge in [0.15, 0.2) is 5.78 Å². The maximum absolute atomic E-state index is 12.9. The van der Waals surface area contributed by atoms with E-state index in [9.17, 15) is 9.59 Å². The largest absolute Gasteiger partial charge is 0.321 e. The molecule has 0 spiro atoms. The second-order valence-electron chi connectivity index (χ2n) is 5.86. The molecule has 0 bridgehead atoms. The monoisotopic (exact) mass is 354 g/mol. The van der Waals surface area contributed by atoms with Crippen LogP contribution in [0.5, 0.6) is 0 Å². The summed E-state index contributed by atoms with van der Waals surface area (Å²) in [6, 6.07) is 11.1. The van der Waals surface area contributed by atoms with Crippen molar-refractivity contribution >= 4 is 22.8 Å². The van der Waals surface area contributed by atoms with Gasteiger partial charge in [0.05, 0.1) is 11.1 Å². The summed E-state index contributed by atoms with van der Waals surface area (Å²) in [5.74, 6) is -0.398. The predicted molar refractivity (Wildman–Crippen MR) is 103 cm³/mol. The molecule has 3 aromatic heterocycles. The number of nitrogens with one attached hydrogen (secondary N) is 1. The standard InChI is InChI=1S/C21H14N4O2/c26-18(7-6-14-10-23-13-24-11-14)20-19(15-4-2-1-3-5-15)16-12-22-9-8-17(16)25-21(20)27/h1-13H,(H,25,27)/b7-6+. The van der Waals surface area contributed by atoms with Crippen molar-refractivity contribution < 1.29 is 4.79 Å². The van der Waals surface area contributed by atoms with Gasteiger partial charge in [0.1, 0.15) is 6.33 Å². The van der Waals surface area contributed by atoms with Crippen molar-refractivity contribution in [2.45, 2.75) is 0 Å². The van der Waals surface area contributed by atoms with Crippen LogP contribution in [0, 0.1) is 0 Å². The van der Waals surface area contributed by atoms with Crippen LogP contribution in [0.3, 0.4) is 0 Å². The molecule has 1 N–H and O–H groups in total. The van der Waals surface area contributed by atoms with E-state index in [0.717, 1.165) is 5.56 Å². The highest BCUT2D eigenvalue weighted by atomic mass is 16.1. The van der Waals surface area contributed by atoms with E-state index in [1.54, 1.807) is 36.9 Å². The number of hydrogen-bond acceptors (Lipinski definition) is 5. The first kappa shape index (κ1) is 16.5. The van der Waals surface area contributed by atoms with Gasteiger partial charge in [0, 0.05) is 41.3 Å². The quantitative estimate of drug-likeness (QED) is 0.449. The fourth-order valence-corrected chi connectivity index (χ4v) is 2.93. The molecule has 27 heavy (non-hydrogen) atoms. The van der Waals surface area contributed by atoms with Crippen LogP contribution in [-0.4, -0.2) is 25.7 Å². The molecule has 0 atom stereocenters. The summed E-state index contributed by atoms with van der Waals surface area (Å²) < 4.78 is 0. The second-order valence-corrected chi connectivity index (χ2v) is 5.86. The molecular weight excluding hydrogens is 340 g/mol. The third-order valence-corrected chi connectivity index (χ3v) is 4.13. The molecule has 4 aromatic rings. The van der Waals surface area contributed by atoms with E-state index in [-0.39, 0.29) is 5.56 Å². The lowest BCUT2D eigenvalue weighted by atomic mass is 9.94. The summed E-state index contributed by atoms with van der Waals surface area (Å²) in [5, 5.41) is 0.711. The molecule has 0 unspecified atom stereocenters. The summed E-state index contributed by atoms with van der Waals surface area (Å²) in [6.45, 7) is 0. The maximum Gasteiger partial charge on any atom is 0.260 e. The number of carbonyl (C=O) groups excluding carboxylic acids is 1. The van der Waals surface area contributed by atoms with Gasteiger partial charge in [0.2, 0.25) is 0 Å². The second kappa shape index (κ2) is 7.13. The summed E-state index contributed by atoms with van der Waals surface area (Å²) in [7, 11) is 0. The van der Waals surface area contributed by atoms with E-state index in [4.69, 9.17) is 0 Å². The average molecular weight is 354 g/mol. The number of allylic oxidation sites excluding steroid dienone is 1. The number of H-pyrrole nitrogens is 1. The summed E-state index contributed by atoms with van der Waals surface area (Å²) >= 11 is 0. The number of hydrogen-bond donors (Lipinski definition) is 1. The number of nitrogens with zero attached hydrogens (tertiary/aromatic N) is 3. The highest BCUT2D eigenvalue weighted by Crippen LogP contribution is 2.29. The molecule has 0 aliphatic carbocycles. The van der Waals surface area contributed by atoms with Crippen molar-refractivity contribution in [1.82, 2.24) is 19.9 Å². The van der Waals surface area contributed by atoms with Gasteiger partial charge in [0.25, 0.3) is 5.56 Å². The summed E-state index contributed by atoms with van der Waals surface area (Å²) in [4.78, 5) is 40.4. The van der Waals surface area contributed by atoms with Crippen molar-refractivity contribution in [2.75, 3.05) is 0 Å². The van der Waals surface area contributed by atoms with E-state index < -0.39 is 11.3 Å². The SMILES string of the molecule is O=C(/C=C/c1cncnc1)c1c(-c2ccccc2)c2cnccc2[nH]c1=O. The smallest absolute Gasteiger partial charge is 0.260 e. The van der Waals surface area contributed by atoms with Crippen LogP contribution in [0.1, 0.15) is 15.9 Å². The Morgan fingerprint density at radius 3 is 2.52 bits per heavy atom. The number of aromatic nitrogens is 4. The molecule has 0 aliphatic heterocycles. The third kappa shape index (κ3) is 3.28. The molecule has 130 valence electrons. The van der Waals surface area contributed by atoms with Crippen LogP contribution in [0.2, 0.25) is 0 Å². The number of carbonyl (C=O) groups is 1. The van der Waals surface area contributed by atoms with Crippen LogP contribution < -0.4 is 5.56 Å². The molecule has 6 heteroatoms. The van der Waals surface area contributed by atoms with Gasteiger partial charge in [-0.1, -0.05) is 30.3 Å². The Balaban J connectivity index is 1.92. The summed E-state index contributed by atoms with van der Waals surface area (Å²) in [6.07, 6.45) is 10.8. The van der Waals surface area contributed by atoms with E-state index in [0.29, 0.717) is 22.0 Å². The predicted octanol–water partition coefficient (Wildman–Crippen LogP) is 3.28. The highest BCUT2D eigenvalue weighted by Gasteiger charge is 2.19. The molecule has 0 aliphatic rings. The fraction of sp³-hybridized carbons (Fsp3) is 0. The minimum absolute atomic E-state index is 0.0785. The van der Waals surface area contributed by atoms with Crippen molar-refractivity contribution in [3.63, 3.8) is 0 Å². The van der Waals surface area contributed by atoms with Gasteiger partial charge >= 0.3 is 0 Å².